The number of rotatable bonds is 4. The average molecular weight is 341 g/mol. The van der Waals surface area contributed by atoms with Gasteiger partial charge in [-0.15, -0.1) is 0 Å². The Hall–Kier alpha value is -2.54. The number of allylic oxidation sites excluding steroid dienone is 1. The van der Waals surface area contributed by atoms with Crippen LogP contribution in [0.2, 0.25) is 0 Å². The zero-order valence-corrected chi connectivity index (χ0v) is 14.9. The van der Waals surface area contributed by atoms with Crippen molar-refractivity contribution in [2.24, 2.45) is 4.99 Å². The number of aliphatic hydroxyl groups is 1. The topological polar surface area (TPSA) is 92.4 Å². The molecule has 2 aromatic heterocycles. The lowest BCUT2D eigenvalue weighted by Gasteiger charge is -2.21. The second kappa shape index (κ2) is 6.76. The first kappa shape index (κ1) is 17.3. The van der Waals surface area contributed by atoms with Gasteiger partial charge in [0.2, 0.25) is 0 Å². The number of hydrogen-bond acceptors (Lipinski definition) is 5. The van der Waals surface area contributed by atoms with Crippen LogP contribution >= 0.6 is 0 Å². The Kier molecular flexibility index (Phi) is 4.67. The van der Waals surface area contributed by atoms with Crippen LogP contribution in [-0.2, 0) is 0 Å². The quantitative estimate of drug-likeness (QED) is 0.834. The van der Waals surface area contributed by atoms with Crippen LogP contribution in [0.15, 0.2) is 34.6 Å². The lowest BCUT2D eigenvalue weighted by molar-refractivity contribution is 0.0955. The fourth-order valence-electron chi connectivity index (χ4n) is 3.09. The van der Waals surface area contributed by atoms with Crippen molar-refractivity contribution < 1.29 is 9.90 Å². The Morgan fingerprint density at radius 3 is 2.88 bits per heavy atom. The van der Waals surface area contributed by atoms with Crippen LogP contribution in [0.3, 0.4) is 0 Å². The molecule has 3 heterocycles. The molecule has 0 bridgehead atoms. The minimum Gasteiger partial charge on any atom is -0.368 e. The zero-order chi connectivity index (χ0) is 18.1. The molecule has 0 spiro atoms. The molecule has 1 atom stereocenters. The first-order valence-corrected chi connectivity index (χ1v) is 8.38. The Labute approximate surface area is 146 Å². The van der Waals surface area contributed by atoms with E-state index in [0.29, 0.717) is 11.2 Å². The van der Waals surface area contributed by atoms with E-state index in [1.165, 1.54) is 0 Å². The molecular weight excluding hydrogens is 318 g/mol. The SMILES string of the molecule is CC1=NC(O)C(CNC(=O)c2ccnc3c2cnn3C(C)C)=C(C)C1. The summed E-state index contributed by atoms with van der Waals surface area (Å²) in [6.07, 6.45) is 3.13. The fraction of sp³-hybridized carbons (Fsp3) is 0.444. The van der Waals surface area contributed by atoms with Crippen molar-refractivity contribution in [1.29, 1.82) is 0 Å². The van der Waals surface area contributed by atoms with Gasteiger partial charge in [0.25, 0.3) is 5.91 Å². The number of aromatic nitrogens is 3. The highest BCUT2D eigenvalue weighted by Crippen LogP contribution is 2.21. The summed E-state index contributed by atoms with van der Waals surface area (Å²) >= 11 is 0. The van der Waals surface area contributed by atoms with Crippen molar-refractivity contribution in [2.75, 3.05) is 6.54 Å². The minimum absolute atomic E-state index is 0.162. The third kappa shape index (κ3) is 3.32. The van der Waals surface area contributed by atoms with Crippen molar-refractivity contribution in [2.45, 2.75) is 46.4 Å². The molecule has 0 aliphatic carbocycles. The van der Waals surface area contributed by atoms with Crippen LogP contribution in [-0.4, -0.2) is 44.3 Å². The number of carbonyl (C=O) groups is 1. The maximum absolute atomic E-state index is 12.6. The summed E-state index contributed by atoms with van der Waals surface area (Å²) in [4.78, 5) is 21.2. The lowest BCUT2D eigenvalue weighted by Crippen LogP contribution is -2.31. The smallest absolute Gasteiger partial charge is 0.252 e. The van der Waals surface area contributed by atoms with E-state index in [0.717, 1.165) is 28.7 Å². The number of carbonyl (C=O) groups excluding carboxylic acids is 1. The van der Waals surface area contributed by atoms with Crippen LogP contribution < -0.4 is 5.32 Å². The van der Waals surface area contributed by atoms with Gasteiger partial charge in [0.1, 0.15) is 0 Å². The Balaban J connectivity index is 1.81. The van der Waals surface area contributed by atoms with Gasteiger partial charge in [-0.1, -0.05) is 5.57 Å². The number of pyridine rings is 1. The third-order valence-electron chi connectivity index (χ3n) is 4.39. The number of hydrogen-bond donors (Lipinski definition) is 2. The molecule has 0 radical (unpaired) electrons. The molecule has 7 heteroatoms. The Morgan fingerprint density at radius 1 is 1.44 bits per heavy atom. The first-order valence-electron chi connectivity index (χ1n) is 8.38. The van der Waals surface area contributed by atoms with Gasteiger partial charge in [-0.3, -0.25) is 9.79 Å². The molecule has 3 rings (SSSR count). The highest BCUT2D eigenvalue weighted by Gasteiger charge is 2.20. The predicted molar refractivity (Wildman–Crippen MR) is 96.7 cm³/mol. The standard InChI is InChI=1S/C18H23N5O2/c1-10(2)23-16-15(9-21-23)13(5-6-19-16)17(24)20-8-14-11(3)7-12(4)22-18(14)25/h5-6,9-10,18,25H,7-8H2,1-4H3,(H,20,24). The summed E-state index contributed by atoms with van der Waals surface area (Å²) in [5, 5.41) is 18.0. The van der Waals surface area contributed by atoms with E-state index in [1.807, 2.05) is 27.7 Å². The van der Waals surface area contributed by atoms with Crippen LogP contribution in [0, 0.1) is 0 Å². The van der Waals surface area contributed by atoms with Gasteiger partial charge >= 0.3 is 0 Å². The van der Waals surface area contributed by atoms with E-state index < -0.39 is 6.23 Å². The van der Waals surface area contributed by atoms with Gasteiger partial charge in [0, 0.05) is 30.9 Å². The minimum atomic E-state index is -0.879. The highest BCUT2D eigenvalue weighted by atomic mass is 16.3. The maximum atomic E-state index is 12.6. The molecule has 0 fully saturated rings. The van der Waals surface area contributed by atoms with Gasteiger partial charge in [0.05, 0.1) is 17.1 Å². The van der Waals surface area contributed by atoms with E-state index in [2.05, 4.69) is 20.4 Å². The first-order chi connectivity index (χ1) is 11.9. The summed E-state index contributed by atoms with van der Waals surface area (Å²) in [5.74, 6) is -0.213. The molecule has 1 aliphatic rings. The van der Waals surface area contributed by atoms with Gasteiger partial charge < -0.3 is 10.4 Å². The van der Waals surface area contributed by atoms with Gasteiger partial charge in [-0.05, 0) is 39.3 Å². The fourth-order valence-corrected chi connectivity index (χ4v) is 3.09. The van der Waals surface area contributed by atoms with Crippen LogP contribution in [0.4, 0.5) is 0 Å². The number of dihydropyridines is 1. The summed E-state index contributed by atoms with van der Waals surface area (Å²) < 4.78 is 1.79. The normalized spacial score (nSPS) is 18.0. The largest absolute Gasteiger partial charge is 0.368 e. The zero-order valence-electron chi connectivity index (χ0n) is 14.9. The molecule has 0 saturated carbocycles. The Bertz CT molecular complexity index is 879. The van der Waals surface area contributed by atoms with Crippen molar-refractivity contribution in [1.82, 2.24) is 20.1 Å². The molecule has 25 heavy (non-hydrogen) atoms. The van der Waals surface area contributed by atoms with Crippen LogP contribution in [0.25, 0.3) is 11.0 Å². The van der Waals surface area contributed by atoms with E-state index >= 15 is 0 Å². The molecule has 1 amide bonds. The molecule has 2 aromatic rings. The number of nitrogens with zero attached hydrogens (tertiary/aromatic N) is 4. The van der Waals surface area contributed by atoms with Crippen molar-refractivity contribution >= 4 is 22.7 Å². The van der Waals surface area contributed by atoms with Gasteiger partial charge in [0.15, 0.2) is 11.9 Å². The number of aliphatic imine (C=N–C) groups is 1. The van der Waals surface area contributed by atoms with E-state index in [9.17, 15) is 9.90 Å². The molecule has 2 N–H and O–H groups in total. The molecule has 1 aliphatic heterocycles. The summed E-state index contributed by atoms with van der Waals surface area (Å²) in [6, 6.07) is 1.85. The molecule has 7 nitrogen and oxygen atoms in total. The van der Waals surface area contributed by atoms with Crippen molar-refractivity contribution in [3.63, 3.8) is 0 Å². The summed E-state index contributed by atoms with van der Waals surface area (Å²) in [5.41, 5.74) is 3.92. The van der Waals surface area contributed by atoms with Gasteiger partial charge in [-0.2, -0.15) is 5.10 Å². The highest BCUT2D eigenvalue weighted by molar-refractivity contribution is 6.05. The monoisotopic (exact) mass is 341 g/mol. The Morgan fingerprint density at radius 2 is 2.20 bits per heavy atom. The lowest BCUT2D eigenvalue weighted by atomic mass is 9.99. The van der Waals surface area contributed by atoms with Crippen LogP contribution in [0.5, 0.6) is 0 Å². The molecule has 1 unspecified atom stereocenters. The molecule has 132 valence electrons. The second-order valence-corrected chi connectivity index (χ2v) is 6.68. The second-order valence-electron chi connectivity index (χ2n) is 6.68. The van der Waals surface area contributed by atoms with Crippen molar-refractivity contribution in [3.8, 4) is 0 Å². The molecular formula is C18H23N5O2. The molecule has 0 saturated heterocycles. The number of nitrogens with one attached hydrogen (secondary N) is 1. The third-order valence-corrected chi connectivity index (χ3v) is 4.39. The maximum Gasteiger partial charge on any atom is 0.252 e. The van der Waals surface area contributed by atoms with E-state index in [4.69, 9.17) is 0 Å². The molecule has 0 aromatic carbocycles. The number of aliphatic hydroxyl groups excluding tert-OH is 1. The number of amides is 1. The predicted octanol–water partition coefficient (Wildman–Crippen LogP) is 2.24. The van der Waals surface area contributed by atoms with E-state index in [-0.39, 0.29) is 18.5 Å². The van der Waals surface area contributed by atoms with Crippen LogP contribution in [0.1, 0.15) is 50.5 Å². The summed E-state index contributed by atoms with van der Waals surface area (Å²) in [6.45, 7) is 8.15. The number of fused-ring (bicyclic) bond motifs is 1. The van der Waals surface area contributed by atoms with Crippen molar-refractivity contribution in [3.05, 3.63) is 35.2 Å². The summed E-state index contributed by atoms with van der Waals surface area (Å²) in [7, 11) is 0. The van der Waals surface area contributed by atoms with Gasteiger partial charge in [-0.25, -0.2) is 9.67 Å². The average Bonchev–Trinajstić information content (AvgIpc) is 2.97. The van der Waals surface area contributed by atoms with E-state index in [1.54, 1.807) is 23.1 Å².